The second-order valence-electron chi connectivity index (χ2n) is 5.17. The van der Waals surface area contributed by atoms with Crippen LogP contribution in [-0.4, -0.2) is 18.9 Å². The first-order valence-electron chi connectivity index (χ1n) is 6.92. The number of rotatable bonds is 7. The Morgan fingerprint density at radius 1 is 1.28 bits per heavy atom. The van der Waals surface area contributed by atoms with Crippen LogP contribution in [0, 0.1) is 6.92 Å². The van der Waals surface area contributed by atoms with Gasteiger partial charge < -0.3 is 4.90 Å². The molecule has 0 aliphatic heterocycles. The number of unbranched alkanes of at least 4 members (excludes halogenated alkanes) is 2. The molecule has 0 aliphatic rings. The summed E-state index contributed by atoms with van der Waals surface area (Å²) in [6.45, 7) is 9.62. The quantitative estimate of drug-likeness (QED) is 0.531. The normalized spacial score (nSPS) is 10.7. The largest absolute Gasteiger partial charge is 0.369 e. The maximum absolute atomic E-state index is 11.2. The van der Waals surface area contributed by atoms with Crippen LogP contribution in [-0.2, 0) is 0 Å². The zero-order valence-corrected chi connectivity index (χ0v) is 12.1. The number of aldehydes is 1. The lowest BCUT2D eigenvalue weighted by molar-refractivity contribution is 0.112. The van der Waals surface area contributed by atoms with Crippen molar-refractivity contribution >= 4 is 12.0 Å². The van der Waals surface area contributed by atoms with Crippen LogP contribution in [0.1, 0.15) is 56.0 Å². The minimum absolute atomic E-state index is 0.420. The summed E-state index contributed by atoms with van der Waals surface area (Å²) in [5, 5.41) is 0. The van der Waals surface area contributed by atoms with Gasteiger partial charge in [-0.25, -0.2) is 0 Å². The fourth-order valence-electron chi connectivity index (χ4n) is 2.22. The molecule has 0 bridgehead atoms. The Balaban J connectivity index is 2.94. The molecule has 0 heterocycles. The maximum Gasteiger partial charge on any atom is 0.152 e. The highest BCUT2D eigenvalue weighted by Gasteiger charge is 2.13. The summed E-state index contributed by atoms with van der Waals surface area (Å²) in [6, 6.07) is 6.54. The summed E-state index contributed by atoms with van der Waals surface area (Å²) in [5.41, 5.74) is 3.01. The van der Waals surface area contributed by atoms with Gasteiger partial charge in [0.1, 0.15) is 0 Å². The zero-order chi connectivity index (χ0) is 13.5. The fourth-order valence-corrected chi connectivity index (χ4v) is 2.22. The van der Waals surface area contributed by atoms with Crippen molar-refractivity contribution in [3.63, 3.8) is 0 Å². The zero-order valence-electron chi connectivity index (χ0n) is 12.1. The first-order chi connectivity index (χ1) is 8.60. The highest BCUT2D eigenvalue weighted by molar-refractivity contribution is 5.85. The number of hydrogen-bond acceptors (Lipinski definition) is 2. The average molecular weight is 247 g/mol. The van der Waals surface area contributed by atoms with Gasteiger partial charge in [0, 0.05) is 23.8 Å². The lowest BCUT2D eigenvalue weighted by Crippen LogP contribution is -2.32. The summed E-state index contributed by atoms with van der Waals surface area (Å²) >= 11 is 0. The maximum atomic E-state index is 11.2. The standard InChI is InChI=1S/C16H25NO/c1-5-6-7-10-17(13(2)3)16-9-8-14(4)11-15(16)12-18/h8-9,11-13H,5-7,10H2,1-4H3. The molecule has 0 saturated carbocycles. The number of anilines is 1. The van der Waals surface area contributed by atoms with Gasteiger partial charge in [0.15, 0.2) is 6.29 Å². The lowest BCUT2D eigenvalue weighted by atomic mass is 10.1. The van der Waals surface area contributed by atoms with E-state index in [0.29, 0.717) is 6.04 Å². The fraction of sp³-hybridized carbons (Fsp3) is 0.562. The van der Waals surface area contributed by atoms with Crippen molar-refractivity contribution < 1.29 is 4.79 Å². The van der Waals surface area contributed by atoms with Gasteiger partial charge in [-0.15, -0.1) is 0 Å². The van der Waals surface area contributed by atoms with E-state index in [4.69, 9.17) is 0 Å². The van der Waals surface area contributed by atoms with E-state index >= 15 is 0 Å². The molecule has 0 amide bonds. The molecule has 2 nitrogen and oxygen atoms in total. The molecule has 0 fully saturated rings. The van der Waals surface area contributed by atoms with Gasteiger partial charge in [-0.1, -0.05) is 31.4 Å². The van der Waals surface area contributed by atoms with E-state index in [-0.39, 0.29) is 0 Å². The van der Waals surface area contributed by atoms with E-state index in [1.807, 2.05) is 13.0 Å². The van der Waals surface area contributed by atoms with Crippen LogP contribution in [0.3, 0.4) is 0 Å². The van der Waals surface area contributed by atoms with Crippen LogP contribution in [0.2, 0.25) is 0 Å². The highest BCUT2D eigenvalue weighted by atomic mass is 16.1. The minimum Gasteiger partial charge on any atom is -0.369 e. The molecule has 0 radical (unpaired) electrons. The van der Waals surface area contributed by atoms with Crippen LogP contribution >= 0.6 is 0 Å². The molecule has 1 rings (SSSR count). The molecule has 100 valence electrons. The van der Waals surface area contributed by atoms with Crippen molar-refractivity contribution in [3.8, 4) is 0 Å². The van der Waals surface area contributed by atoms with Crippen molar-refractivity contribution in [2.75, 3.05) is 11.4 Å². The van der Waals surface area contributed by atoms with E-state index in [1.54, 1.807) is 0 Å². The molecular formula is C16H25NO. The van der Waals surface area contributed by atoms with Crippen molar-refractivity contribution in [1.29, 1.82) is 0 Å². The van der Waals surface area contributed by atoms with Gasteiger partial charge in [0.25, 0.3) is 0 Å². The van der Waals surface area contributed by atoms with Crippen LogP contribution in [0.4, 0.5) is 5.69 Å². The summed E-state index contributed by atoms with van der Waals surface area (Å²) in [5.74, 6) is 0. The first-order valence-corrected chi connectivity index (χ1v) is 6.92. The van der Waals surface area contributed by atoms with Crippen LogP contribution < -0.4 is 4.90 Å². The SMILES string of the molecule is CCCCCN(c1ccc(C)cc1C=O)C(C)C. The third-order valence-electron chi connectivity index (χ3n) is 3.25. The van der Waals surface area contributed by atoms with Crippen molar-refractivity contribution in [2.24, 2.45) is 0 Å². The predicted molar refractivity (Wildman–Crippen MR) is 78.6 cm³/mol. The molecule has 0 spiro atoms. The lowest BCUT2D eigenvalue weighted by Gasteiger charge is -2.30. The first kappa shape index (κ1) is 14.7. The van der Waals surface area contributed by atoms with Gasteiger partial charge in [-0.05, 0) is 39.3 Å². The number of nitrogens with zero attached hydrogens (tertiary/aromatic N) is 1. The molecule has 18 heavy (non-hydrogen) atoms. The third kappa shape index (κ3) is 3.86. The van der Waals surface area contributed by atoms with E-state index in [9.17, 15) is 4.79 Å². The summed E-state index contributed by atoms with van der Waals surface area (Å²) in [4.78, 5) is 13.5. The van der Waals surface area contributed by atoms with Crippen molar-refractivity contribution in [3.05, 3.63) is 29.3 Å². The van der Waals surface area contributed by atoms with E-state index < -0.39 is 0 Å². The molecule has 0 unspecified atom stereocenters. The van der Waals surface area contributed by atoms with Crippen molar-refractivity contribution in [2.45, 2.75) is 53.0 Å². The molecule has 1 aromatic rings. The molecule has 0 atom stereocenters. The summed E-state index contributed by atoms with van der Waals surface area (Å²) in [6.07, 6.45) is 4.62. The van der Waals surface area contributed by atoms with Gasteiger partial charge in [0.05, 0.1) is 0 Å². The molecule has 1 aromatic carbocycles. The van der Waals surface area contributed by atoms with Gasteiger partial charge >= 0.3 is 0 Å². The average Bonchev–Trinajstić information content (AvgIpc) is 2.35. The smallest absolute Gasteiger partial charge is 0.152 e. The molecule has 0 saturated heterocycles. The number of aryl methyl sites for hydroxylation is 1. The summed E-state index contributed by atoms with van der Waals surface area (Å²) < 4.78 is 0. The number of carbonyl (C=O) groups excluding carboxylic acids is 1. The van der Waals surface area contributed by atoms with Crippen LogP contribution in [0.5, 0.6) is 0 Å². The number of carbonyl (C=O) groups is 1. The summed E-state index contributed by atoms with van der Waals surface area (Å²) in [7, 11) is 0. The second kappa shape index (κ2) is 7.20. The third-order valence-corrected chi connectivity index (χ3v) is 3.25. The van der Waals surface area contributed by atoms with E-state index in [0.717, 1.165) is 29.6 Å². The van der Waals surface area contributed by atoms with E-state index in [1.165, 1.54) is 19.3 Å². The Hall–Kier alpha value is -1.31. The van der Waals surface area contributed by atoms with Gasteiger partial charge in [0.2, 0.25) is 0 Å². The Kier molecular flexibility index (Phi) is 5.90. The Labute approximate surface area is 111 Å². The second-order valence-corrected chi connectivity index (χ2v) is 5.17. The Morgan fingerprint density at radius 2 is 2.00 bits per heavy atom. The molecular weight excluding hydrogens is 222 g/mol. The van der Waals surface area contributed by atoms with Crippen molar-refractivity contribution in [1.82, 2.24) is 0 Å². The van der Waals surface area contributed by atoms with Gasteiger partial charge in [-0.2, -0.15) is 0 Å². The Bertz CT molecular complexity index is 385. The number of benzene rings is 1. The topological polar surface area (TPSA) is 20.3 Å². The van der Waals surface area contributed by atoms with Gasteiger partial charge in [-0.3, -0.25) is 4.79 Å². The molecule has 0 aliphatic carbocycles. The Morgan fingerprint density at radius 3 is 2.56 bits per heavy atom. The monoisotopic (exact) mass is 247 g/mol. The molecule has 0 N–H and O–H groups in total. The minimum atomic E-state index is 0.420. The predicted octanol–water partition coefficient (Wildman–Crippen LogP) is 4.21. The van der Waals surface area contributed by atoms with E-state index in [2.05, 4.69) is 37.8 Å². The van der Waals surface area contributed by atoms with Crippen LogP contribution in [0.15, 0.2) is 18.2 Å². The molecule has 0 aromatic heterocycles. The number of hydrogen-bond donors (Lipinski definition) is 0. The highest BCUT2D eigenvalue weighted by Crippen LogP contribution is 2.23. The molecule has 2 heteroatoms. The van der Waals surface area contributed by atoms with Crippen LogP contribution in [0.25, 0.3) is 0 Å².